The second kappa shape index (κ2) is 8.53. The summed E-state index contributed by atoms with van der Waals surface area (Å²) in [6, 6.07) is 6.12. The van der Waals surface area contributed by atoms with Gasteiger partial charge in [0, 0.05) is 27.8 Å². The number of rotatable bonds is 7. The molecule has 0 spiro atoms. The number of nitrogens with zero attached hydrogens (tertiary/aromatic N) is 1. The minimum absolute atomic E-state index is 0.510. The summed E-state index contributed by atoms with van der Waals surface area (Å²) in [6.45, 7) is 3.06. The molecular formula is C14H21BrClNOS. The first-order chi connectivity index (χ1) is 8.95. The molecule has 0 radical (unpaired) electrons. The van der Waals surface area contributed by atoms with Crippen LogP contribution in [0, 0.1) is 0 Å². The fourth-order valence-corrected chi connectivity index (χ4v) is 3.38. The van der Waals surface area contributed by atoms with Crippen molar-refractivity contribution in [3.05, 3.63) is 33.3 Å². The Kier molecular flexibility index (Phi) is 7.77. The number of benzene rings is 1. The highest BCUT2D eigenvalue weighted by Crippen LogP contribution is 2.28. The molecule has 0 heterocycles. The molecule has 2 nitrogen and oxygen atoms in total. The number of thioether (sulfide) groups is 1. The largest absolute Gasteiger partial charge is 0.388 e. The van der Waals surface area contributed by atoms with Crippen molar-refractivity contribution in [2.24, 2.45) is 0 Å². The molecule has 1 rings (SSSR count). The van der Waals surface area contributed by atoms with E-state index >= 15 is 0 Å². The zero-order valence-corrected chi connectivity index (χ0v) is 14.7. The molecule has 0 aliphatic rings. The van der Waals surface area contributed by atoms with Crippen molar-refractivity contribution in [1.82, 2.24) is 4.90 Å². The van der Waals surface area contributed by atoms with Crippen LogP contribution in [0.5, 0.6) is 0 Å². The Balaban J connectivity index is 2.53. The molecule has 0 saturated carbocycles. The lowest BCUT2D eigenvalue weighted by atomic mass is 10.1. The molecule has 1 N–H and O–H groups in total. The lowest BCUT2D eigenvalue weighted by Crippen LogP contribution is -2.32. The van der Waals surface area contributed by atoms with Gasteiger partial charge in [0.15, 0.2) is 0 Å². The van der Waals surface area contributed by atoms with Gasteiger partial charge in [0.2, 0.25) is 0 Å². The van der Waals surface area contributed by atoms with E-state index in [-0.39, 0.29) is 0 Å². The zero-order chi connectivity index (χ0) is 14.4. The monoisotopic (exact) mass is 365 g/mol. The molecule has 0 aliphatic carbocycles. The molecule has 2 atom stereocenters. The van der Waals surface area contributed by atoms with Crippen molar-refractivity contribution < 1.29 is 5.11 Å². The Labute approximate surface area is 133 Å². The van der Waals surface area contributed by atoms with E-state index in [0.717, 1.165) is 22.3 Å². The number of hydrogen-bond donors (Lipinski definition) is 1. The van der Waals surface area contributed by atoms with Gasteiger partial charge in [0.25, 0.3) is 0 Å². The van der Waals surface area contributed by atoms with E-state index in [9.17, 15) is 5.11 Å². The average Bonchev–Trinajstić information content (AvgIpc) is 2.35. The summed E-state index contributed by atoms with van der Waals surface area (Å²) in [5.74, 6) is 1.10. The maximum absolute atomic E-state index is 10.2. The van der Waals surface area contributed by atoms with Crippen LogP contribution in [0.2, 0.25) is 5.02 Å². The average molecular weight is 367 g/mol. The summed E-state index contributed by atoms with van der Waals surface area (Å²) >= 11 is 11.4. The van der Waals surface area contributed by atoms with E-state index in [1.807, 2.05) is 30.0 Å². The topological polar surface area (TPSA) is 23.5 Å². The number of hydrogen-bond acceptors (Lipinski definition) is 3. The van der Waals surface area contributed by atoms with Gasteiger partial charge in [0.1, 0.15) is 0 Å². The Morgan fingerprint density at radius 2 is 2.16 bits per heavy atom. The Bertz CT molecular complexity index is 405. The second-order valence-corrected chi connectivity index (χ2v) is 6.99. The molecular weight excluding hydrogens is 346 g/mol. The molecule has 108 valence electrons. The normalized spacial score (nSPS) is 14.7. The van der Waals surface area contributed by atoms with Gasteiger partial charge >= 0.3 is 0 Å². The highest BCUT2D eigenvalue weighted by atomic mass is 79.9. The van der Waals surface area contributed by atoms with Crippen LogP contribution in [0.4, 0.5) is 0 Å². The molecule has 2 unspecified atom stereocenters. The Morgan fingerprint density at radius 3 is 2.74 bits per heavy atom. The van der Waals surface area contributed by atoms with Crippen LogP contribution in [-0.4, -0.2) is 41.6 Å². The predicted octanol–water partition coefficient (Wildman–Crippen LogP) is 4.21. The zero-order valence-electron chi connectivity index (χ0n) is 11.6. The molecule has 0 bridgehead atoms. The minimum atomic E-state index is -0.510. The van der Waals surface area contributed by atoms with Gasteiger partial charge in [-0.15, -0.1) is 0 Å². The summed E-state index contributed by atoms with van der Waals surface area (Å²) in [5, 5.41) is 10.8. The van der Waals surface area contributed by atoms with E-state index in [1.54, 1.807) is 0 Å². The first kappa shape index (κ1) is 17.3. The molecule has 5 heteroatoms. The minimum Gasteiger partial charge on any atom is -0.388 e. The van der Waals surface area contributed by atoms with Crippen LogP contribution in [0.3, 0.4) is 0 Å². The summed E-state index contributed by atoms with van der Waals surface area (Å²) in [4.78, 5) is 2.27. The molecule has 1 aromatic rings. The number of halogens is 2. The van der Waals surface area contributed by atoms with Crippen LogP contribution >= 0.6 is 39.3 Å². The van der Waals surface area contributed by atoms with Crippen molar-refractivity contribution in [3.8, 4) is 0 Å². The molecule has 0 fully saturated rings. The van der Waals surface area contributed by atoms with E-state index in [4.69, 9.17) is 11.6 Å². The van der Waals surface area contributed by atoms with E-state index in [1.165, 1.54) is 0 Å². The van der Waals surface area contributed by atoms with Gasteiger partial charge in [-0.05, 0) is 44.3 Å². The standard InChI is InChI=1S/C14H21BrClNOS/c1-10(9-19-3)17(2)7-6-14(18)12-5-4-11(15)8-13(12)16/h4-5,8,10,14,18H,6-7,9H2,1-3H3. The quantitative estimate of drug-likeness (QED) is 0.782. The van der Waals surface area contributed by atoms with Crippen LogP contribution in [0.1, 0.15) is 25.0 Å². The summed E-state index contributed by atoms with van der Waals surface area (Å²) in [5.41, 5.74) is 0.802. The van der Waals surface area contributed by atoms with Crippen LogP contribution < -0.4 is 0 Å². The third kappa shape index (κ3) is 5.64. The van der Waals surface area contributed by atoms with Crippen LogP contribution in [0.25, 0.3) is 0 Å². The van der Waals surface area contributed by atoms with E-state index in [0.29, 0.717) is 17.5 Å². The van der Waals surface area contributed by atoms with Gasteiger partial charge in [0.05, 0.1) is 6.10 Å². The van der Waals surface area contributed by atoms with Gasteiger partial charge in [-0.25, -0.2) is 0 Å². The van der Waals surface area contributed by atoms with E-state index < -0.39 is 6.10 Å². The summed E-state index contributed by atoms with van der Waals surface area (Å²) in [6.07, 6.45) is 2.29. The maximum atomic E-state index is 10.2. The van der Waals surface area contributed by atoms with Crippen LogP contribution in [-0.2, 0) is 0 Å². The van der Waals surface area contributed by atoms with Crippen molar-refractivity contribution in [2.45, 2.75) is 25.5 Å². The fourth-order valence-electron chi connectivity index (χ4n) is 1.84. The molecule has 0 saturated heterocycles. The molecule has 0 aliphatic heterocycles. The molecule has 1 aromatic carbocycles. The Morgan fingerprint density at radius 1 is 1.47 bits per heavy atom. The van der Waals surface area contributed by atoms with Gasteiger partial charge in [-0.2, -0.15) is 11.8 Å². The maximum Gasteiger partial charge on any atom is 0.0816 e. The molecule has 0 aromatic heterocycles. The highest BCUT2D eigenvalue weighted by molar-refractivity contribution is 9.10. The third-order valence-corrected chi connectivity index (χ3v) is 4.87. The third-order valence-electron chi connectivity index (χ3n) is 3.24. The SMILES string of the molecule is CSCC(C)N(C)CCC(O)c1ccc(Br)cc1Cl. The van der Waals surface area contributed by atoms with Gasteiger partial charge in [-0.1, -0.05) is 33.6 Å². The van der Waals surface area contributed by atoms with E-state index in [2.05, 4.69) is 41.1 Å². The summed E-state index contributed by atoms with van der Waals surface area (Å²) in [7, 11) is 2.09. The molecule has 0 amide bonds. The highest BCUT2D eigenvalue weighted by Gasteiger charge is 2.14. The predicted molar refractivity (Wildman–Crippen MR) is 89.2 cm³/mol. The van der Waals surface area contributed by atoms with Crippen LogP contribution in [0.15, 0.2) is 22.7 Å². The second-order valence-electron chi connectivity index (χ2n) is 4.76. The van der Waals surface area contributed by atoms with Crippen molar-refractivity contribution in [2.75, 3.05) is 25.6 Å². The lowest BCUT2D eigenvalue weighted by molar-refractivity contribution is 0.142. The smallest absolute Gasteiger partial charge is 0.0816 e. The first-order valence-electron chi connectivity index (χ1n) is 6.28. The fraction of sp³-hybridized carbons (Fsp3) is 0.571. The Hall–Kier alpha value is 0.260. The van der Waals surface area contributed by atoms with Crippen molar-refractivity contribution in [3.63, 3.8) is 0 Å². The summed E-state index contributed by atoms with van der Waals surface area (Å²) < 4.78 is 0.930. The van der Waals surface area contributed by atoms with Crippen molar-refractivity contribution >= 4 is 39.3 Å². The first-order valence-corrected chi connectivity index (χ1v) is 8.84. The van der Waals surface area contributed by atoms with Gasteiger partial charge < -0.3 is 10.0 Å². The van der Waals surface area contributed by atoms with Crippen molar-refractivity contribution in [1.29, 1.82) is 0 Å². The van der Waals surface area contributed by atoms with Gasteiger partial charge in [-0.3, -0.25) is 0 Å². The molecule has 19 heavy (non-hydrogen) atoms. The lowest BCUT2D eigenvalue weighted by Gasteiger charge is -2.25. The number of aliphatic hydroxyl groups excluding tert-OH is 1. The number of aliphatic hydroxyl groups is 1.